The lowest BCUT2D eigenvalue weighted by molar-refractivity contribution is 0.256. The summed E-state index contributed by atoms with van der Waals surface area (Å²) in [6.45, 7) is 2.34. The van der Waals surface area contributed by atoms with E-state index in [0.717, 1.165) is 16.0 Å². The first-order valence-electron chi connectivity index (χ1n) is 6.03. The van der Waals surface area contributed by atoms with Gasteiger partial charge in [-0.25, -0.2) is 0 Å². The summed E-state index contributed by atoms with van der Waals surface area (Å²) in [5.74, 6) is 1.51. The van der Waals surface area contributed by atoms with Crippen molar-refractivity contribution >= 4 is 15.9 Å². The number of nitrogens with zero attached hydrogens (tertiary/aromatic N) is 1. The Morgan fingerprint density at radius 2 is 2.00 bits per heavy atom. The van der Waals surface area contributed by atoms with E-state index in [9.17, 15) is 0 Å². The molecule has 0 radical (unpaired) electrons. The fraction of sp³-hybridized carbons (Fsp3) is 0.615. The molecule has 2 rings (SSSR count). The molecule has 88 valence electrons. The lowest BCUT2D eigenvalue weighted by Crippen LogP contribution is -2.25. The van der Waals surface area contributed by atoms with E-state index in [1.807, 2.05) is 6.20 Å². The second-order valence-electron chi connectivity index (χ2n) is 4.98. The average Bonchev–Trinajstić information content (AvgIpc) is 2.29. The third kappa shape index (κ3) is 2.83. The van der Waals surface area contributed by atoms with Crippen LogP contribution in [0.5, 0.6) is 0 Å². The average molecular weight is 283 g/mol. The van der Waals surface area contributed by atoms with Crippen LogP contribution in [0.4, 0.5) is 0 Å². The molecule has 1 fully saturated rings. The minimum Gasteiger partial charge on any atom is -0.324 e. The Balaban J connectivity index is 2.04. The van der Waals surface area contributed by atoms with E-state index in [-0.39, 0.29) is 6.04 Å². The Hall–Kier alpha value is -0.410. The van der Waals surface area contributed by atoms with Crippen molar-refractivity contribution in [2.24, 2.45) is 17.6 Å². The third-order valence-electron chi connectivity index (χ3n) is 3.68. The molecule has 2 nitrogen and oxygen atoms in total. The quantitative estimate of drug-likeness (QED) is 0.899. The lowest BCUT2D eigenvalue weighted by atomic mass is 9.78. The van der Waals surface area contributed by atoms with Gasteiger partial charge >= 0.3 is 0 Å². The monoisotopic (exact) mass is 282 g/mol. The van der Waals surface area contributed by atoms with Crippen LogP contribution < -0.4 is 5.73 Å². The van der Waals surface area contributed by atoms with Gasteiger partial charge in [0.2, 0.25) is 0 Å². The maximum Gasteiger partial charge on any atom is 0.0410 e. The largest absolute Gasteiger partial charge is 0.324 e. The molecule has 0 spiro atoms. The van der Waals surface area contributed by atoms with Crippen LogP contribution in [0.25, 0.3) is 0 Å². The summed E-state index contributed by atoms with van der Waals surface area (Å²) in [7, 11) is 0. The zero-order chi connectivity index (χ0) is 11.5. The van der Waals surface area contributed by atoms with E-state index < -0.39 is 0 Å². The summed E-state index contributed by atoms with van der Waals surface area (Å²) in [5.41, 5.74) is 7.48. The molecule has 0 bridgehead atoms. The van der Waals surface area contributed by atoms with E-state index in [1.54, 1.807) is 6.20 Å². The van der Waals surface area contributed by atoms with E-state index in [0.29, 0.717) is 5.92 Å². The van der Waals surface area contributed by atoms with Gasteiger partial charge in [0.1, 0.15) is 0 Å². The molecule has 1 aliphatic carbocycles. The van der Waals surface area contributed by atoms with Gasteiger partial charge in [-0.3, -0.25) is 4.98 Å². The molecule has 1 atom stereocenters. The molecule has 1 saturated carbocycles. The van der Waals surface area contributed by atoms with Gasteiger partial charge < -0.3 is 5.73 Å². The zero-order valence-corrected chi connectivity index (χ0v) is 11.3. The van der Waals surface area contributed by atoms with Crippen molar-refractivity contribution in [1.82, 2.24) is 4.98 Å². The van der Waals surface area contributed by atoms with Crippen LogP contribution in [0.2, 0.25) is 0 Å². The number of rotatable bonds is 2. The highest BCUT2D eigenvalue weighted by Crippen LogP contribution is 2.35. The normalized spacial score (nSPS) is 27.7. The van der Waals surface area contributed by atoms with E-state index >= 15 is 0 Å². The van der Waals surface area contributed by atoms with Gasteiger partial charge in [0, 0.05) is 22.9 Å². The molecule has 1 unspecified atom stereocenters. The van der Waals surface area contributed by atoms with E-state index in [1.165, 1.54) is 25.7 Å². The van der Waals surface area contributed by atoms with Crippen LogP contribution in [0.1, 0.15) is 44.2 Å². The molecule has 1 heterocycles. The van der Waals surface area contributed by atoms with Gasteiger partial charge in [0.15, 0.2) is 0 Å². The number of halogens is 1. The molecular weight excluding hydrogens is 264 g/mol. The summed E-state index contributed by atoms with van der Waals surface area (Å²) in [5, 5.41) is 0. The van der Waals surface area contributed by atoms with Gasteiger partial charge in [0.25, 0.3) is 0 Å². The lowest BCUT2D eigenvalue weighted by Gasteiger charge is -2.30. The summed E-state index contributed by atoms with van der Waals surface area (Å²) >= 11 is 3.45. The molecule has 3 heteroatoms. The molecule has 0 aliphatic heterocycles. The Labute approximate surface area is 106 Å². The highest BCUT2D eigenvalue weighted by Gasteiger charge is 2.24. The van der Waals surface area contributed by atoms with Crippen molar-refractivity contribution in [2.45, 2.75) is 38.6 Å². The first-order chi connectivity index (χ1) is 7.66. The predicted molar refractivity (Wildman–Crippen MR) is 70.0 cm³/mol. The third-order valence-corrected chi connectivity index (χ3v) is 4.11. The van der Waals surface area contributed by atoms with Crippen molar-refractivity contribution in [3.05, 3.63) is 28.5 Å². The number of nitrogens with two attached hydrogens (primary N) is 1. The zero-order valence-electron chi connectivity index (χ0n) is 9.70. The Bertz CT molecular complexity index is 346. The van der Waals surface area contributed by atoms with Gasteiger partial charge in [-0.1, -0.05) is 19.8 Å². The Kier molecular flexibility index (Phi) is 3.98. The fourth-order valence-electron chi connectivity index (χ4n) is 2.53. The minimum atomic E-state index is 0.150. The van der Waals surface area contributed by atoms with Crippen LogP contribution in [0.3, 0.4) is 0 Å². The van der Waals surface area contributed by atoms with Crippen LogP contribution >= 0.6 is 15.9 Å². The maximum atomic E-state index is 6.32. The van der Waals surface area contributed by atoms with Crippen molar-refractivity contribution in [3.8, 4) is 0 Å². The highest BCUT2D eigenvalue weighted by atomic mass is 79.9. The summed E-state index contributed by atoms with van der Waals surface area (Å²) in [6, 6.07) is 2.24. The van der Waals surface area contributed by atoms with Gasteiger partial charge in [0.05, 0.1) is 0 Å². The Morgan fingerprint density at radius 3 is 2.62 bits per heavy atom. The van der Waals surface area contributed by atoms with Gasteiger partial charge in [-0.05, 0) is 52.2 Å². The molecule has 1 aliphatic rings. The number of pyridine rings is 1. The van der Waals surface area contributed by atoms with E-state index in [2.05, 4.69) is 33.9 Å². The highest BCUT2D eigenvalue weighted by molar-refractivity contribution is 9.10. The number of hydrogen-bond donors (Lipinski definition) is 1. The van der Waals surface area contributed by atoms with Crippen LogP contribution in [0.15, 0.2) is 22.9 Å². The van der Waals surface area contributed by atoms with Crippen molar-refractivity contribution < 1.29 is 0 Å². The molecule has 1 aromatic rings. The molecule has 0 aromatic carbocycles. The second-order valence-corrected chi connectivity index (χ2v) is 5.90. The summed E-state index contributed by atoms with van der Waals surface area (Å²) in [6.07, 6.45) is 8.86. The summed E-state index contributed by atoms with van der Waals surface area (Å²) < 4.78 is 1.02. The topological polar surface area (TPSA) is 38.9 Å². The molecule has 16 heavy (non-hydrogen) atoms. The van der Waals surface area contributed by atoms with Crippen molar-refractivity contribution in [2.75, 3.05) is 0 Å². The van der Waals surface area contributed by atoms with Crippen molar-refractivity contribution in [3.63, 3.8) is 0 Å². The smallest absolute Gasteiger partial charge is 0.0410 e. The molecular formula is C13H19BrN2. The van der Waals surface area contributed by atoms with Crippen LogP contribution in [-0.2, 0) is 0 Å². The Morgan fingerprint density at radius 1 is 1.31 bits per heavy atom. The van der Waals surface area contributed by atoms with Gasteiger partial charge in [-0.2, -0.15) is 0 Å². The number of aromatic nitrogens is 1. The van der Waals surface area contributed by atoms with Gasteiger partial charge in [-0.15, -0.1) is 0 Å². The first-order valence-corrected chi connectivity index (χ1v) is 6.82. The molecule has 0 amide bonds. The maximum absolute atomic E-state index is 6.32. The SMILES string of the molecule is CC1CCC(C(N)c2cncc(Br)c2)CC1. The van der Waals surface area contributed by atoms with E-state index in [4.69, 9.17) is 5.73 Å². The van der Waals surface area contributed by atoms with Crippen LogP contribution in [-0.4, -0.2) is 4.98 Å². The molecule has 2 N–H and O–H groups in total. The fourth-order valence-corrected chi connectivity index (χ4v) is 2.91. The number of hydrogen-bond acceptors (Lipinski definition) is 2. The standard InChI is InChI=1S/C13H19BrN2/c1-9-2-4-10(5-3-9)13(15)11-6-12(14)8-16-7-11/h6-10,13H,2-5,15H2,1H3. The predicted octanol–water partition coefficient (Wildman–Crippen LogP) is 3.67. The van der Waals surface area contributed by atoms with Crippen LogP contribution in [0, 0.1) is 11.8 Å². The first kappa shape index (κ1) is 12.1. The second kappa shape index (κ2) is 5.28. The molecule has 1 aromatic heterocycles. The molecule has 0 saturated heterocycles. The summed E-state index contributed by atoms with van der Waals surface area (Å²) in [4.78, 5) is 4.19. The van der Waals surface area contributed by atoms with Crippen molar-refractivity contribution in [1.29, 1.82) is 0 Å². The minimum absolute atomic E-state index is 0.150.